The lowest BCUT2D eigenvalue weighted by Gasteiger charge is -2.32. The standard InChI is InChI=1S/C16H21BF4N2O2/c1-14(2)15(3,4)25-17(24-14)10(8-22)5-9-6-12(18)13(23)7-11(9)16(19,20)21/h5-7H,8,22-23H2,1-4H3. The highest BCUT2D eigenvalue weighted by atomic mass is 19.4. The van der Waals surface area contributed by atoms with Crippen LogP contribution in [0.5, 0.6) is 0 Å². The summed E-state index contributed by atoms with van der Waals surface area (Å²) in [7, 11) is -0.920. The lowest BCUT2D eigenvalue weighted by atomic mass is 9.76. The Labute approximate surface area is 144 Å². The van der Waals surface area contributed by atoms with E-state index in [1.165, 1.54) is 0 Å². The molecule has 0 amide bonds. The summed E-state index contributed by atoms with van der Waals surface area (Å²) in [6.07, 6.45) is -3.54. The van der Waals surface area contributed by atoms with Gasteiger partial charge in [-0.2, -0.15) is 13.2 Å². The van der Waals surface area contributed by atoms with Crippen LogP contribution < -0.4 is 11.5 Å². The molecule has 0 spiro atoms. The van der Waals surface area contributed by atoms with Crippen LogP contribution in [0.15, 0.2) is 17.6 Å². The van der Waals surface area contributed by atoms with Crippen molar-refractivity contribution in [2.75, 3.05) is 12.3 Å². The largest absolute Gasteiger partial charge is 0.491 e. The minimum absolute atomic E-state index is 0.111. The van der Waals surface area contributed by atoms with Crippen molar-refractivity contribution < 1.29 is 26.9 Å². The van der Waals surface area contributed by atoms with Crippen molar-refractivity contribution in [1.82, 2.24) is 0 Å². The number of nitrogen functional groups attached to an aromatic ring is 1. The van der Waals surface area contributed by atoms with E-state index in [-0.39, 0.29) is 17.6 Å². The predicted octanol–water partition coefficient (Wildman–Crippen LogP) is 3.40. The summed E-state index contributed by atoms with van der Waals surface area (Å²) in [6.45, 7) is 7.13. The first-order chi connectivity index (χ1) is 11.3. The lowest BCUT2D eigenvalue weighted by molar-refractivity contribution is -0.137. The fourth-order valence-electron chi connectivity index (χ4n) is 2.39. The van der Waals surface area contributed by atoms with Gasteiger partial charge in [-0.1, -0.05) is 6.08 Å². The monoisotopic (exact) mass is 360 g/mol. The Kier molecular flexibility index (Phi) is 4.98. The Balaban J connectivity index is 2.50. The van der Waals surface area contributed by atoms with E-state index in [0.717, 1.165) is 12.1 Å². The van der Waals surface area contributed by atoms with E-state index in [1.54, 1.807) is 0 Å². The second-order valence-corrected chi connectivity index (χ2v) is 6.97. The number of rotatable bonds is 3. The zero-order valence-electron chi connectivity index (χ0n) is 14.5. The van der Waals surface area contributed by atoms with Crippen LogP contribution in [-0.2, 0) is 15.5 Å². The van der Waals surface area contributed by atoms with Crippen molar-refractivity contribution in [3.8, 4) is 0 Å². The highest BCUT2D eigenvalue weighted by Crippen LogP contribution is 2.40. The Hall–Kier alpha value is -1.58. The molecule has 0 unspecified atom stereocenters. The highest BCUT2D eigenvalue weighted by Gasteiger charge is 2.52. The van der Waals surface area contributed by atoms with E-state index < -0.39 is 41.6 Å². The number of halogens is 4. The van der Waals surface area contributed by atoms with E-state index in [9.17, 15) is 17.6 Å². The molecule has 1 saturated heterocycles. The van der Waals surface area contributed by atoms with E-state index in [1.807, 2.05) is 27.7 Å². The Bertz CT molecular complexity index is 686. The van der Waals surface area contributed by atoms with Crippen LogP contribution in [0.1, 0.15) is 38.8 Å². The lowest BCUT2D eigenvalue weighted by Crippen LogP contribution is -2.41. The summed E-state index contributed by atoms with van der Waals surface area (Å²) in [4.78, 5) is 0. The first kappa shape index (κ1) is 19.7. The maximum absolute atomic E-state index is 13.7. The van der Waals surface area contributed by atoms with Crippen molar-refractivity contribution in [2.24, 2.45) is 5.73 Å². The van der Waals surface area contributed by atoms with E-state index in [0.29, 0.717) is 6.07 Å². The zero-order chi connectivity index (χ0) is 19.2. The third kappa shape index (κ3) is 3.83. The number of hydrogen-bond acceptors (Lipinski definition) is 4. The zero-order valence-corrected chi connectivity index (χ0v) is 14.5. The smallest absolute Gasteiger partial charge is 0.400 e. The fraction of sp³-hybridized carbons (Fsp3) is 0.500. The Morgan fingerprint density at radius 3 is 2.12 bits per heavy atom. The minimum atomic E-state index is -4.69. The van der Waals surface area contributed by atoms with Gasteiger partial charge in [0, 0.05) is 6.54 Å². The molecule has 0 aliphatic carbocycles. The second kappa shape index (κ2) is 6.30. The van der Waals surface area contributed by atoms with Crippen molar-refractivity contribution in [2.45, 2.75) is 45.1 Å². The van der Waals surface area contributed by atoms with Crippen LogP contribution in [0.25, 0.3) is 6.08 Å². The second-order valence-electron chi connectivity index (χ2n) is 6.97. The number of hydrogen-bond donors (Lipinski definition) is 2. The Morgan fingerprint density at radius 2 is 1.68 bits per heavy atom. The molecular formula is C16H21BF4N2O2. The predicted molar refractivity (Wildman–Crippen MR) is 88.9 cm³/mol. The number of benzene rings is 1. The van der Waals surface area contributed by atoms with Crippen LogP contribution in [0.3, 0.4) is 0 Å². The SMILES string of the molecule is CC1(C)OB(C(=Cc2cc(F)c(N)cc2C(F)(F)F)CN)OC1(C)C. The summed E-state index contributed by atoms with van der Waals surface area (Å²) in [5, 5.41) is 0. The molecule has 0 atom stereocenters. The summed E-state index contributed by atoms with van der Waals surface area (Å²) < 4.78 is 65.0. The number of alkyl halides is 3. The van der Waals surface area contributed by atoms with Crippen molar-refractivity contribution in [3.05, 3.63) is 34.5 Å². The van der Waals surface area contributed by atoms with Gasteiger partial charge in [0.1, 0.15) is 5.82 Å². The third-order valence-corrected chi connectivity index (χ3v) is 4.61. The molecule has 138 valence electrons. The van der Waals surface area contributed by atoms with Gasteiger partial charge in [0.25, 0.3) is 0 Å². The molecule has 1 aromatic rings. The minimum Gasteiger partial charge on any atom is -0.400 e. The van der Waals surface area contributed by atoms with Gasteiger partial charge in [0.2, 0.25) is 0 Å². The van der Waals surface area contributed by atoms with Crippen LogP contribution in [-0.4, -0.2) is 24.9 Å². The molecule has 1 aliphatic heterocycles. The molecule has 0 saturated carbocycles. The van der Waals surface area contributed by atoms with Gasteiger partial charge in [-0.25, -0.2) is 4.39 Å². The fourth-order valence-corrected chi connectivity index (χ4v) is 2.39. The average molecular weight is 360 g/mol. The topological polar surface area (TPSA) is 70.5 Å². The van der Waals surface area contributed by atoms with E-state index in [4.69, 9.17) is 20.8 Å². The maximum Gasteiger partial charge on any atom is 0.491 e. The van der Waals surface area contributed by atoms with Crippen molar-refractivity contribution >= 4 is 18.9 Å². The molecule has 0 bridgehead atoms. The summed E-state index contributed by atoms with van der Waals surface area (Å²) in [6, 6.07) is 1.30. The van der Waals surface area contributed by atoms with Gasteiger partial charge in [-0.05, 0) is 50.9 Å². The number of nitrogens with two attached hydrogens (primary N) is 2. The summed E-state index contributed by atoms with van der Waals surface area (Å²) in [5.41, 5.74) is 7.87. The molecule has 1 aromatic carbocycles. The molecule has 9 heteroatoms. The van der Waals surface area contributed by atoms with Crippen molar-refractivity contribution in [1.29, 1.82) is 0 Å². The van der Waals surface area contributed by atoms with Gasteiger partial charge in [-0.15, -0.1) is 0 Å². The first-order valence-electron chi connectivity index (χ1n) is 7.71. The number of anilines is 1. The molecule has 1 fully saturated rings. The molecule has 4 N–H and O–H groups in total. The molecule has 0 radical (unpaired) electrons. The van der Waals surface area contributed by atoms with Crippen LogP contribution >= 0.6 is 0 Å². The van der Waals surface area contributed by atoms with Gasteiger partial charge in [0.05, 0.1) is 22.5 Å². The van der Waals surface area contributed by atoms with Gasteiger partial charge >= 0.3 is 13.3 Å². The quantitative estimate of drug-likeness (QED) is 0.493. The highest BCUT2D eigenvalue weighted by molar-refractivity contribution is 6.55. The molecule has 25 heavy (non-hydrogen) atoms. The van der Waals surface area contributed by atoms with Gasteiger partial charge < -0.3 is 20.8 Å². The van der Waals surface area contributed by atoms with Crippen molar-refractivity contribution in [3.63, 3.8) is 0 Å². The van der Waals surface area contributed by atoms with Crippen LogP contribution in [0.2, 0.25) is 0 Å². The molecule has 1 heterocycles. The average Bonchev–Trinajstić information content (AvgIpc) is 2.66. The van der Waals surface area contributed by atoms with Gasteiger partial charge in [-0.3, -0.25) is 0 Å². The molecular weight excluding hydrogens is 339 g/mol. The van der Waals surface area contributed by atoms with Gasteiger partial charge in [0.15, 0.2) is 0 Å². The molecule has 2 rings (SSSR count). The maximum atomic E-state index is 13.7. The summed E-state index contributed by atoms with van der Waals surface area (Å²) >= 11 is 0. The molecule has 0 aromatic heterocycles. The Morgan fingerprint density at radius 1 is 1.16 bits per heavy atom. The van der Waals surface area contributed by atoms with E-state index >= 15 is 0 Å². The normalized spacial score (nSPS) is 20.2. The van der Waals surface area contributed by atoms with E-state index in [2.05, 4.69) is 0 Å². The van der Waals surface area contributed by atoms with Crippen LogP contribution in [0, 0.1) is 5.82 Å². The van der Waals surface area contributed by atoms with Crippen LogP contribution in [0.4, 0.5) is 23.2 Å². The first-order valence-corrected chi connectivity index (χ1v) is 7.71. The molecule has 4 nitrogen and oxygen atoms in total. The summed E-state index contributed by atoms with van der Waals surface area (Å²) in [5.74, 6) is -0.940. The molecule has 1 aliphatic rings. The third-order valence-electron chi connectivity index (χ3n) is 4.61.